The van der Waals surface area contributed by atoms with Gasteiger partial charge in [-0.2, -0.15) is 0 Å². The summed E-state index contributed by atoms with van der Waals surface area (Å²) in [7, 11) is 0. The minimum atomic E-state index is -0.839. The summed E-state index contributed by atoms with van der Waals surface area (Å²) >= 11 is 0. The van der Waals surface area contributed by atoms with E-state index in [0.717, 1.165) is 23.2 Å². The molecule has 2 aliphatic rings. The average molecular weight is 398 g/mol. The van der Waals surface area contributed by atoms with Crippen molar-refractivity contribution >= 4 is 23.2 Å². The van der Waals surface area contributed by atoms with Crippen LogP contribution in [0.2, 0.25) is 0 Å². The zero-order valence-corrected chi connectivity index (χ0v) is 16.6. The number of fused-ring (bicyclic) bond motifs is 1. The highest BCUT2D eigenvalue weighted by molar-refractivity contribution is 6.23. The molecule has 0 radical (unpaired) electrons. The van der Waals surface area contributed by atoms with E-state index in [1.165, 1.54) is 4.90 Å². The van der Waals surface area contributed by atoms with Crippen LogP contribution in [0.5, 0.6) is 0 Å². The van der Waals surface area contributed by atoms with Crippen LogP contribution in [0.1, 0.15) is 24.1 Å². The summed E-state index contributed by atoms with van der Waals surface area (Å²) in [5.41, 5.74) is 3.52. The molecular weight excluding hydrogens is 376 g/mol. The summed E-state index contributed by atoms with van der Waals surface area (Å²) in [4.78, 5) is 34.2. The Kier molecular flexibility index (Phi) is 4.60. The van der Waals surface area contributed by atoms with Crippen LogP contribution < -0.4 is 9.96 Å². The molecule has 30 heavy (non-hydrogen) atoms. The van der Waals surface area contributed by atoms with Gasteiger partial charge in [0.1, 0.15) is 5.92 Å². The van der Waals surface area contributed by atoms with Gasteiger partial charge in [0.2, 0.25) is 5.91 Å². The minimum Gasteiger partial charge on any atom is -0.273 e. The van der Waals surface area contributed by atoms with Crippen LogP contribution >= 0.6 is 0 Å². The number of benzene rings is 3. The molecule has 0 spiro atoms. The summed E-state index contributed by atoms with van der Waals surface area (Å²) in [5.74, 6) is -1.14. The number of carbonyl (C=O) groups excluding carboxylic acids is 2. The maximum Gasteiger partial charge on any atom is 0.266 e. The molecule has 2 saturated heterocycles. The standard InChI is InChI=1S/C25H22N2O3/c1-2-17-13-15-19(16-14-17)26-24(28)21-22(18-9-5-3-6-10-18)27(30-23(21)25(26)29)20-11-7-4-8-12-20/h3-16,21-23H,2H2,1H3/t21-,22+,23+/m1/s1. The Balaban J connectivity index is 1.55. The third kappa shape index (κ3) is 2.90. The summed E-state index contributed by atoms with van der Waals surface area (Å²) in [6.07, 6.45) is 0.0623. The number of hydroxylamine groups is 1. The molecule has 0 aromatic heterocycles. The topological polar surface area (TPSA) is 49.9 Å². The van der Waals surface area contributed by atoms with E-state index >= 15 is 0 Å². The van der Waals surface area contributed by atoms with Crippen LogP contribution in [0.4, 0.5) is 11.4 Å². The van der Waals surface area contributed by atoms with E-state index in [9.17, 15) is 9.59 Å². The Labute approximate surface area is 175 Å². The van der Waals surface area contributed by atoms with Gasteiger partial charge in [0.25, 0.3) is 5.91 Å². The van der Waals surface area contributed by atoms with Gasteiger partial charge in [-0.3, -0.25) is 14.4 Å². The zero-order chi connectivity index (χ0) is 20.7. The van der Waals surface area contributed by atoms with Crippen LogP contribution in [0.25, 0.3) is 0 Å². The molecule has 5 nitrogen and oxygen atoms in total. The Hall–Kier alpha value is -3.44. The molecule has 3 aromatic rings. The van der Waals surface area contributed by atoms with Gasteiger partial charge in [-0.1, -0.05) is 67.6 Å². The maximum atomic E-state index is 13.5. The summed E-state index contributed by atoms with van der Waals surface area (Å²) in [5, 5.41) is 1.72. The van der Waals surface area contributed by atoms with Crippen molar-refractivity contribution in [3.63, 3.8) is 0 Å². The molecule has 0 aliphatic carbocycles. The molecule has 2 amide bonds. The average Bonchev–Trinajstić information content (AvgIpc) is 3.31. The predicted octanol–water partition coefficient (Wildman–Crippen LogP) is 4.30. The molecule has 0 N–H and O–H groups in total. The van der Waals surface area contributed by atoms with Gasteiger partial charge in [0.15, 0.2) is 6.10 Å². The van der Waals surface area contributed by atoms with Crippen LogP contribution in [-0.4, -0.2) is 17.9 Å². The highest BCUT2D eigenvalue weighted by Crippen LogP contribution is 2.47. The van der Waals surface area contributed by atoms with Crippen LogP contribution in [0, 0.1) is 5.92 Å². The van der Waals surface area contributed by atoms with Crippen molar-refractivity contribution in [1.29, 1.82) is 0 Å². The highest BCUT2D eigenvalue weighted by atomic mass is 16.7. The fourth-order valence-electron chi connectivity index (χ4n) is 4.34. The van der Waals surface area contributed by atoms with Crippen molar-refractivity contribution < 1.29 is 14.4 Å². The highest BCUT2D eigenvalue weighted by Gasteiger charge is 2.60. The molecule has 2 heterocycles. The smallest absolute Gasteiger partial charge is 0.266 e. The number of anilines is 2. The normalized spacial score (nSPS) is 23.2. The largest absolute Gasteiger partial charge is 0.273 e. The van der Waals surface area contributed by atoms with E-state index in [1.54, 1.807) is 5.06 Å². The van der Waals surface area contributed by atoms with E-state index < -0.39 is 12.0 Å². The van der Waals surface area contributed by atoms with Crippen molar-refractivity contribution in [2.24, 2.45) is 5.92 Å². The Morgan fingerprint density at radius 3 is 2.03 bits per heavy atom. The lowest BCUT2D eigenvalue weighted by Crippen LogP contribution is -2.37. The van der Waals surface area contributed by atoms with E-state index in [2.05, 4.69) is 6.92 Å². The third-order valence-electron chi connectivity index (χ3n) is 5.87. The summed E-state index contributed by atoms with van der Waals surface area (Å²) in [6, 6.07) is 26.6. The molecule has 5 rings (SSSR count). The second-order valence-electron chi connectivity index (χ2n) is 7.60. The van der Waals surface area contributed by atoms with Crippen molar-refractivity contribution in [3.05, 3.63) is 96.1 Å². The minimum absolute atomic E-state index is 0.221. The molecule has 0 unspecified atom stereocenters. The SMILES string of the molecule is CCc1ccc(N2C(=O)[C@H]3[C@H](ON(c4ccccc4)[C@H]3c3ccccc3)C2=O)cc1. The number of amides is 2. The number of hydrogen-bond donors (Lipinski definition) is 0. The van der Waals surface area contributed by atoms with E-state index in [4.69, 9.17) is 4.84 Å². The molecule has 3 aromatic carbocycles. The second-order valence-corrected chi connectivity index (χ2v) is 7.60. The number of aryl methyl sites for hydroxylation is 1. The van der Waals surface area contributed by atoms with Gasteiger partial charge in [-0.05, 0) is 41.8 Å². The Bertz CT molecular complexity index is 1070. The van der Waals surface area contributed by atoms with E-state index in [1.807, 2.05) is 84.9 Å². The van der Waals surface area contributed by atoms with Crippen molar-refractivity contribution in [2.45, 2.75) is 25.5 Å². The molecule has 2 aliphatic heterocycles. The lowest BCUT2D eigenvalue weighted by molar-refractivity contribution is -0.126. The monoisotopic (exact) mass is 398 g/mol. The first-order chi connectivity index (χ1) is 14.7. The number of imide groups is 1. The number of rotatable bonds is 4. The first-order valence-electron chi connectivity index (χ1n) is 10.2. The molecule has 0 bridgehead atoms. The Morgan fingerprint density at radius 1 is 0.767 bits per heavy atom. The van der Waals surface area contributed by atoms with Gasteiger partial charge in [0, 0.05) is 0 Å². The number of nitrogens with zero attached hydrogens (tertiary/aromatic N) is 2. The zero-order valence-electron chi connectivity index (χ0n) is 16.6. The van der Waals surface area contributed by atoms with Crippen molar-refractivity contribution in [1.82, 2.24) is 0 Å². The Morgan fingerprint density at radius 2 is 1.40 bits per heavy atom. The number of carbonyl (C=O) groups is 2. The van der Waals surface area contributed by atoms with Gasteiger partial charge in [-0.25, -0.2) is 9.96 Å². The number of para-hydroxylation sites is 1. The quantitative estimate of drug-likeness (QED) is 0.615. The molecule has 5 heteroatoms. The van der Waals surface area contributed by atoms with Gasteiger partial charge in [0.05, 0.1) is 17.4 Å². The van der Waals surface area contributed by atoms with Crippen LogP contribution in [-0.2, 0) is 20.8 Å². The molecule has 2 fully saturated rings. The van der Waals surface area contributed by atoms with Gasteiger partial charge >= 0.3 is 0 Å². The van der Waals surface area contributed by atoms with Crippen molar-refractivity contribution in [2.75, 3.05) is 9.96 Å². The van der Waals surface area contributed by atoms with Gasteiger partial charge in [-0.15, -0.1) is 0 Å². The van der Waals surface area contributed by atoms with Crippen LogP contribution in [0.3, 0.4) is 0 Å². The summed E-state index contributed by atoms with van der Waals surface area (Å²) in [6.45, 7) is 2.07. The molecular formula is C25H22N2O3. The first kappa shape index (κ1) is 18.6. The molecule has 150 valence electrons. The first-order valence-corrected chi connectivity index (χ1v) is 10.2. The van der Waals surface area contributed by atoms with Crippen LogP contribution in [0.15, 0.2) is 84.9 Å². The third-order valence-corrected chi connectivity index (χ3v) is 5.87. The lowest BCUT2D eigenvalue weighted by atomic mass is 9.90. The van der Waals surface area contributed by atoms with E-state index in [0.29, 0.717) is 5.69 Å². The van der Waals surface area contributed by atoms with Gasteiger partial charge < -0.3 is 0 Å². The fourth-order valence-corrected chi connectivity index (χ4v) is 4.34. The lowest BCUT2D eigenvalue weighted by Gasteiger charge is -2.28. The fraction of sp³-hybridized carbons (Fsp3) is 0.200. The number of hydrogen-bond acceptors (Lipinski definition) is 4. The predicted molar refractivity (Wildman–Crippen MR) is 115 cm³/mol. The van der Waals surface area contributed by atoms with E-state index in [-0.39, 0.29) is 17.9 Å². The van der Waals surface area contributed by atoms with Crippen molar-refractivity contribution in [3.8, 4) is 0 Å². The second kappa shape index (κ2) is 7.43. The maximum absolute atomic E-state index is 13.5. The molecule has 3 atom stereocenters. The molecule has 0 saturated carbocycles. The summed E-state index contributed by atoms with van der Waals surface area (Å²) < 4.78 is 0.